The van der Waals surface area contributed by atoms with Crippen LogP contribution in [-0.4, -0.2) is 18.0 Å². The molecular formula is C17H16INO3. The molecule has 0 spiro atoms. The minimum atomic E-state index is -0.869. The molecule has 0 radical (unpaired) electrons. The number of esters is 1. The summed E-state index contributed by atoms with van der Waals surface area (Å²) in [6.07, 6.45) is -0.869. The molecule has 22 heavy (non-hydrogen) atoms. The Labute approximate surface area is 143 Å². The highest BCUT2D eigenvalue weighted by Gasteiger charge is 2.19. The monoisotopic (exact) mass is 409 g/mol. The molecule has 1 N–H and O–H groups in total. The third-order valence-corrected chi connectivity index (χ3v) is 3.70. The Balaban J connectivity index is 1.96. The van der Waals surface area contributed by atoms with Gasteiger partial charge in [0.2, 0.25) is 0 Å². The second-order valence-corrected chi connectivity index (χ2v) is 6.16. The van der Waals surface area contributed by atoms with Gasteiger partial charge in [-0.1, -0.05) is 23.8 Å². The first-order valence-electron chi connectivity index (χ1n) is 6.80. The van der Waals surface area contributed by atoms with Crippen LogP contribution in [0.3, 0.4) is 0 Å². The van der Waals surface area contributed by atoms with E-state index in [1.54, 1.807) is 37.3 Å². The molecule has 0 aromatic heterocycles. The van der Waals surface area contributed by atoms with Gasteiger partial charge in [-0.2, -0.15) is 0 Å². The Hall–Kier alpha value is -1.89. The average Bonchev–Trinajstić information content (AvgIpc) is 2.49. The highest BCUT2D eigenvalue weighted by Crippen LogP contribution is 2.12. The lowest BCUT2D eigenvalue weighted by molar-refractivity contribution is -0.123. The summed E-state index contributed by atoms with van der Waals surface area (Å²) in [4.78, 5) is 24.0. The summed E-state index contributed by atoms with van der Waals surface area (Å²) in [5.41, 5.74) is 2.21. The predicted molar refractivity (Wildman–Crippen MR) is 93.8 cm³/mol. The highest BCUT2D eigenvalue weighted by atomic mass is 127. The summed E-state index contributed by atoms with van der Waals surface area (Å²) < 4.78 is 6.13. The van der Waals surface area contributed by atoms with Crippen LogP contribution in [0.25, 0.3) is 0 Å². The predicted octanol–water partition coefficient (Wildman–Crippen LogP) is 3.78. The largest absolute Gasteiger partial charge is 0.449 e. The molecule has 1 amide bonds. The highest BCUT2D eigenvalue weighted by molar-refractivity contribution is 14.1. The number of hydrogen-bond donors (Lipinski definition) is 1. The number of carbonyl (C=O) groups is 2. The van der Waals surface area contributed by atoms with Crippen LogP contribution in [0.2, 0.25) is 0 Å². The van der Waals surface area contributed by atoms with Gasteiger partial charge in [-0.3, -0.25) is 4.79 Å². The quantitative estimate of drug-likeness (QED) is 0.618. The lowest BCUT2D eigenvalue weighted by Crippen LogP contribution is -2.30. The van der Waals surface area contributed by atoms with Crippen LogP contribution in [0.15, 0.2) is 48.5 Å². The van der Waals surface area contributed by atoms with E-state index in [4.69, 9.17) is 4.74 Å². The summed E-state index contributed by atoms with van der Waals surface area (Å²) in [6, 6.07) is 14.4. The molecule has 2 aromatic carbocycles. The fourth-order valence-electron chi connectivity index (χ4n) is 1.78. The van der Waals surface area contributed by atoms with Crippen molar-refractivity contribution in [1.82, 2.24) is 0 Å². The zero-order chi connectivity index (χ0) is 16.1. The van der Waals surface area contributed by atoms with Gasteiger partial charge in [0.05, 0.1) is 5.56 Å². The number of anilines is 1. The van der Waals surface area contributed by atoms with Crippen molar-refractivity contribution in [2.75, 3.05) is 5.32 Å². The van der Waals surface area contributed by atoms with Crippen LogP contribution in [-0.2, 0) is 9.53 Å². The molecule has 1 atom stereocenters. The molecule has 0 aliphatic heterocycles. The standard InChI is InChI=1S/C17H16INO3/c1-11-6-8-15(9-7-11)19-16(20)12(2)22-17(21)13-4-3-5-14(18)10-13/h3-10,12H,1-2H3,(H,19,20)/t12-/m1/s1. The normalized spacial score (nSPS) is 11.6. The van der Waals surface area contributed by atoms with Gasteiger partial charge in [0, 0.05) is 9.26 Å². The second kappa shape index (κ2) is 7.40. The van der Waals surface area contributed by atoms with E-state index in [-0.39, 0.29) is 5.91 Å². The third-order valence-electron chi connectivity index (χ3n) is 3.03. The van der Waals surface area contributed by atoms with Gasteiger partial charge in [-0.05, 0) is 66.8 Å². The molecule has 0 saturated carbocycles. The van der Waals surface area contributed by atoms with E-state index in [0.29, 0.717) is 11.3 Å². The van der Waals surface area contributed by atoms with Crippen LogP contribution < -0.4 is 5.32 Å². The molecular weight excluding hydrogens is 393 g/mol. The number of amides is 1. The lowest BCUT2D eigenvalue weighted by Gasteiger charge is -2.13. The second-order valence-electron chi connectivity index (χ2n) is 4.91. The number of hydrogen-bond acceptors (Lipinski definition) is 3. The number of halogens is 1. The van der Waals surface area contributed by atoms with Crippen molar-refractivity contribution in [2.45, 2.75) is 20.0 Å². The van der Waals surface area contributed by atoms with Crippen LogP contribution in [0.5, 0.6) is 0 Å². The van der Waals surface area contributed by atoms with E-state index in [1.165, 1.54) is 0 Å². The van der Waals surface area contributed by atoms with Gasteiger partial charge in [-0.15, -0.1) is 0 Å². The van der Waals surface area contributed by atoms with Gasteiger partial charge in [0.1, 0.15) is 0 Å². The molecule has 0 aliphatic rings. The topological polar surface area (TPSA) is 55.4 Å². The van der Waals surface area contributed by atoms with Gasteiger partial charge in [-0.25, -0.2) is 4.79 Å². The maximum absolute atomic E-state index is 12.0. The Morgan fingerprint density at radius 2 is 1.82 bits per heavy atom. The molecule has 2 aromatic rings. The Bertz CT molecular complexity index is 683. The first-order chi connectivity index (χ1) is 10.5. The van der Waals surface area contributed by atoms with Crippen molar-refractivity contribution in [3.63, 3.8) is 0 Å². The van der Waals surface area contributed by atoms with Crippen molar-refractivity contribution >= 4 is 40.2 Å². The summed E-state index contributed by atoms with van der Waals surface area (Å²) in [7, 11) is 0. The molecule has 0 saturated heterocycles. The maximum Gasteiger partial charge on any atom is 0.338 e. The van der Waals surface area contributed by atoms with Crippen LogP contribution >= 0.6 is 22.6 Å². The van der Waals surface area contributed by atoms with Gasteiger partial charge >= 0.3 is 5.97 Å². The minimum Gasteiger partial charge on any atom is -0.449 e. The fraction of sp³-hybridized carbons (Fsp3) is 0.176. The Morgan fingerprint density at radius 1 is 1.14 bits per heavy atom. The Kier molecular flexibility index (Phi) is 5.54. The van der Waals surface area contributed by atoms with Gasteiger partial charge < -0.3 is 10.1 Å². The van der Waals surface area contributed by atoms with Crippen LogP contribution in [0, 0.1) is 10.5 Å². The minimum absolute atomic E-state index is 0.358. The molecule has 0 fully saturated rings. The van der Waals surface area contributed by atoms with Crippen molar-refractivity contribution in [2.24, 2.45) is 0 Å². The number of nitrogens with one attached hydrogen (secondary N) is 1. The van der Waals surface area contributed by atoms with Crippen LogP contribution in [0.4, 0.5) is 5.69 Å². The summed E-state index contributed by atoms with van der Waals surface area (Å²) in [5, 5.41) is 2.72. The fourth-order valence-corrected chi connectivity index (χ4v) is 2.32. The van der Waals surface area contributed by atoms with E-state index < -0.39 is 12.1 Å². The summed E-state index contributed by atoms with van der Waals surface area (Å²) >= 11 is 2.12. The lowest BCUT2D eigenvalue weighted by atomic mass is 10.2. The van der Waals surface area contributed by atoms with Gasteiger partial charge in [0.15, 0.2) is 6.10 Å². The zero-order valence-corrected chi connectivity index (χ0v) is 14.5. The van der Waals surface area contributed by atoms with E-state index in [1.807, 2.05) is 25.1 Å². The van der Waals surface area contributed by atoms with E-state index >= 15 is 0 Å². The zero-order valence-electron chi connectivity index (χ0n) is 12.3. The summed E-state index contributed by atoms with van der Waals surface area (Å²) in [6.45, 7) is 3.52. The number of aryl methyl sites for hydroxylation is 1. The molecule has 0 bridgehead atoms. The molecule has 0 heterocycles. The first-order valence-corrected chi connectivity index (χ1v) is 7.87. The van der Waals surface area contributed by atoms with Crippen molar-refractivity contribution in [1.29, 1.82) is 0 Å². The molecule has 4 nitrogen and oxygen atoms in total. The third kappa shape index (κ3) is 4.56. The first kappa shape index (κ1) is 16.5. The molecule has 114 valence electrons. The maximum atomic E-state index is 12.0. The van der Waals surface area contributed by atoms with Crippen molar-refractivity contribution in [3.05, 3.63) is 63.2 Å². The van der Waals surface area contributed by atoms with Crippen molar-refractivity contribution < 1.29 is 14.3 Å². The number of ether oxygens (including phenoxy) is 1. The molecule has 0 unspecified atom stereocenters. The number of carbonyl (C=O) groups excluding carboxylic acids is 2. The van der Waals surface area contributed by atoms with Crippen molar-refractivity contribution in [3.8, 4) is 0 Å². The Morgan fingerprint density at radius 3 is 2.45 bits per heavy atom. The van der Waals surface area contributed by atoms with E-state index in [2.05, 4.69) is 27.9 Å². The average molecular weight is 409 g/mol. The number of rotatable bonds is 4. The molecule has 0 aliphatic carbocycles. The SMILES string of the molecule is Cc1ccc(NC(=O)[C@@H](C)OC(=O)c2cccc(I)c2)cc1. The number of benzene rings is 2. The van der Waals surface area contributed by atoms with Crippen LogP contribution in [0.1, 0.15) is 22.8 Å². The van der Waals surface area contributed by atoms with E-state index in [9.17, 15) is 9.59 Å². The summed E-state index contributed by atoms with van der Waals surface area (Å²) in [5.74, 6) is -0.868. The van der Waals surface area contributed by atoms with E-state index in [0.717, 1.165) is 9.13 Å². The van der Waals surface area contributed by atoms with Gasteiger partial charge in [0.25, 0.3) is 5.91 Å². The smallest absolute Gasteiger partial charge is 0.338 e. The molecule has 5 heteroatoms. The molecule has 2 rings (SSSR count).